The molecule has 2 atom stereocenters. The van der Waals surface area contributed by atoms with Crippen molar-refractivity contribution in [3.8, 4) is 0 Å². The van der Waals surface area contributed by atoms with E-state index < -0.39 is 25.6 Å². The van der Waals surface area contributed by atoms with Gasteiger partial charge in [-0.1, -0.05) is 18.2 Å². The third-order valence-corrected chi connectivity index (χ3v) is 6.88. The second-order valence-electron chi connectivity index (χ2n) is 7.10. The number of aromatic nitrogens is 4. The number of nitrogens with two attached hydrogens (primary N) is 1. The highest BCUT2D eigenvalue weighted by atomic mass is 31.2. The molecule has 2 unspecified atom stereocenters. The number of aliphatic carboxylic acids is 1. The maximum atomic E-state index is 12.5. The van der Waals surface area contributed by atoms with Crippen molar-refractivity contribution >= 4 is 41.5 Å². The summed E-state index contributed by atoms with van der Waals surface area (Å²) in [4.78, 5) is 29.5. The van der Waals surface area contributed by atoms with Crippen LogP contribution >= 0.6 is 7.37 Å². The first-order chi connectivity index (χ1) is 14.3. The quantitative estimate of drug-likeness (QED) is 0.520. The molecule has 0 radical (unpaired) electrons. The molecular weight excluding hydrogens is 409 g/mol. The Morgan fingerprint density at radius 2 is 2.17 bits per heavy atom. The molecule has 0 fully saturated rings. The van der Waals surface area contributed by atoms with Gasteiger partial charge in [-0.3, -0.25) is 9.36 Å². The highest BCUT2D eigenvalue weighted by molar-refractivity contribution is 7.63. The molecule has 30 heavy (non-hydrogen) atoms. The van der Waals surface area contributed by atoms with E-state index in [0.29, 0.717) is 40.8 Å². The average molecular weight is 429 g/mol. The smallest absolute Gasteiger partial charge is 0.313 e. The van der Waals surface area contributed by atoms with Crippen molar-refractivity contribution in [1.82, 2.24) is 19.7 Å². The lowest BCUT2D eigenvalue weighted by Gasteiger charge is -2.18. The molecule has 5 N–H and O–H groups in total. The van der Waals surface area contributed by atoms with Gasteiger partial charge in [0.25, 0.3) is 0 Å². The third kappa shape index (κ3) is 3.72. The minimum absolute atomic E-state index is 0.168. The van der Waals surface area contributed by atoms with Gasteiger partial charge in [0.1, 0.15) is 24.0 Å². The summed E-state index contributed by atoms with van der Waals surface area (Å²) in [7, 11) is -4.01. The van der Waals surface area contributed by atoms with Crippen molar-refractivity contribution in [1.29, 1.82) is 0 Å². The molecule has 2 heterocycles. The van der Waals surface area contributed by atoms with Crippen LogP contribution in [0.4, 0.5) is 5.82 Å². The molecule has 156 valence electrons. The summed E-state index contributed by atoms with van der Waals surface area (Å²) < 4.78 is 14.0. The van der Waals surface area contributed by atoms with Gasteiger partial charge in [0.15, 0.2) is 5.65 Å². The van der Waals surface area contributed by atoms with Crippen molar-refractivity contribution in [3.05, 3.63) is 47.7 Å². The fourth-order valence-corrected chi connectivity index (χ4v) is 4.94. The Balaban J connectivity index is 1.85. The standard InChI is InChI=1S/C19H20N5O5P/c20-18-16-17(11-3-1-5-13(25)7-11)23-24(19(16)22-10-21-18)12-4-2-6-14(8-12)30(28,29)9-15(26)27/h1,3-4,7-8,10,13,25H,2,5-6,9H2,(H,26,27)(H,28,29)(H2,20,21,22). The van der Waals surface area contributed by atoms with Crippen LogP contribution in [0.1, 0.15) is 25.0 Å². The van der Waals surface area contributed by atoms with Crippen LogP contribution in [0.3, 0.4) is 0 Å². The van der Waals surface area contributed by atoms with Gasteiger partial charge in [-0.15, -0.1) is 0 Å². The molecule has 0 aliphatic heterocycles. The van der Waals surface area contributed by atoms with Crippen molar-refractivity contribution in [2.24, 2.45) is 0 Å². The van der Waals surface area contributed by atoms with E-state index in [4.69, 9.17) is 10.8 Å². The van der Waals surface area contributed by atoms with Crippen molar-refractivity contribution in [2.75, 3.05) is 11.9 Å². The van der Waals surface area contributed by atoms with Crippen molar-refractivity contribution < 1.29 is 24.5 Å². The highest BCUT2D eigenvalue weighted by Gasteiger charge is 2.30. The molecule has 0 aromatic carbocycles. The predicted octanol–water partition coefficient (Wildman–Crippen LogP) is 1.99. The number of fused-ring (bicyclic) bond motifs is 1. The van der Waals surface area contributed by atoms with E-state index in [1.165, 1.54) is 17.1 Å². The number of aliphatic hydroxyl groups is 1. The zero-order chi connectivity index (χ0) is 21.5. The Kier molecular flexibility index (Phi) is 5.15. The molecule has 2 aliphatic rings. The summed E-state index contributed by atoms with van der Waals surface area (Å²) in [6, 6.07) is 0. The average Bonchev–Trinajstić information content (AvgIpc) is 3.08. The van der Waals surface area contributed by atoms with E-state index in [1.807, 2.05) is 18.2 Å². The van der Waals surface area contributed by atoms with Gasteiger partial charge in [-0.2, -0.15) is 5.10 Å². The van der Waals surface area contributed by atoms with E-state index in [-0.39, 0.29) is 17.6 Å². The summed E-state index contributed by atoms with van der Waals surface area (Å²) in [6.07, 6.45) is 9.71. The molecule has 0 amide bonds. The van der Waals surface area contributed by atoms with Crippen molar-refractivity contribution in [3.63, 3.8) is 0 Å². The molecule has 0 saturated carbocycles. The Morgan fingerprint density at radius 1 is 1.37 bits per heavy atom. The van der Waals surface area contributed by atoms with Gasteiger partial charge in [0, 0.05) is 10.9 Å². The molecular formula is C19H20N5O5P. The first-order valence-electron chi connectivity index (χ1n) is 9.27. The maximum Gasteiger partial charge on any atom is 0.313 e. The minimum atomic E-state index is -4.01. The molecule has 2 aromatic rings. The molecule has 0 spiro atoms. The Hall–Kier alpha value is -3.07. The zero-order valence-corrected chi connectivity index (χ0v) is 16.7. The van der Waals surface area contributed by atoms with Gasteiger partial charge in [0.05, 0.1) is 17.2 Å². The van der Waals surface area contributed by atoms with Crippen LogP contribution in [0.5, 0.6) is 0 Å². The van der Waals surface area contributed by atoms with Crippen LogP contribution < -0.4 is 5.73 Å². The lowest BCUT2D eigenvalue weighted by molar-refractivity contribution is -0.134. The maximum absolute atomic E-state index is 12.5. The van der Waals surface area contributed by atoms with E-state index in [2.05, 4.69) is 15.1 Å². The van der Waals surface area contributed by atoms with Crippen LogP contribution in [0.2, 0.25) is 0 Å². The van der Waals surface area contributed by atoms with Gasteiger partial charge in [-0.25, -0.2) is 14.6 Å². The number of nitrogens with zero attached hydrogens (tertiary/aromatic N) is 4. The van der Waals surface area contributed by atoms with E-state index in [0.717, 1.165) is 0 Å². The third-order valence-electron chi connectivity index (χ3n) is 4.93. The number of carboxylic acids is 1. The molecule has 0 bridgehead atoms. The summed E-state index contributed by atoms with van der Waals surface area (Å²) in [5.74, 6) is -1.12. The predicted molar refractivity (Wildman–Crippen MR) is 111 cm³/mol. The first-order valence-corrected chi connectivity index (χ1v) is 11.1. The number of anilines is 1. The Bertz CT molecular complexity index is 1210. The minimum Gasteiger partial charge on any atom is -0.481 e. The fourth-order valence-electron chi connectivity index (χ4n) is 3.56. The highest BCUT2D eigenvalue weighted by Crippen LogP contribution is 2.53. The Labute approximate surface area is 171 Å². The second kappa shape index (κ2) is 7.64. The molecule has 4 rings (SSSR count). The van der Waals surface area contributed by atoms with Gasteiger partial charge in [-0.05, 0) is 31.4 Å². The molecule has 10 nitrogen and oxygen atoms in total. The topological polar surface area (TPSA) is 164 Å². The number of nitrogen functional groups attached to an aromatic ring is 1. The van der Waals surface area contributed by atoms with Crippen LogP contribution in [0.15, 0.2) is 42.0 Å². The van der Waals surface area contributed by atoms with Crippen LogP contribution in [-0.4, -0.2) is 53.1 Å². The fraction of sp³-hybridized carbons (Fsp3) is 0.263. The van der Waals surface area contributed by atoms with Gasteiger partial charge >= 0.3 is 5.97 Å². The van der Waals surface area contributed by atoms with Crippen molar-refractivity contribution in [2.45, 2.75) is 25.4 Å². The van der Waals surface area contributed by atoms with E-state index in [9.17, 15) is 19.4 Å². The van der Waals surface area contributed by atoms with E-state index in [1.54, 1.807) is 6.08 Å². The molecule has 0 saturated heterocycles. The number of hydrogen-bond donors (Lipinski definition) is 4. The van der Waals surface area contributed by atoms with Gasteiger partial charge in [0.2, 0.25) is 7.37 Å². The van der Waals surface area contributed by atoms with Crippen LogP contribution in [0.25, 0.3) is 22.3 Å². The van der Waals surface area contributed by atoms with Crippen LogP contribution in [0, 0.1) is 0 Å². The lowest BCUT2D eigenvalue weighted by atomic mass is 10.0. The number of aliphatic hydroxyl groups excluding tert-OH is 1. The molecule has 11 heteroatoms. The van der Waals surface area contributed by atoms with E-state index >= 15 is 0 Å². The number of hydrogen-bond acceptors (Lipinski definition) is 7. The van der Waals surface area contributed by atoms with Crippen LogP contribution in [-0.2, 0) is 9.36 Å². The molecule has 2 aliphatic carbocycles. The SMILES string of the molecule is Nc1ncnc2c1c(C1=CC(O)CC=C1)nn2C1=CCCC(P(=O)(O)CC(=O)O)=C1. The summed E-state index contributed by atoms with van der Waals surface area (Å²) >= 11 is 0. The summed E-state index contributed by atoms with van der Waals surface area (Å²) in [5.41, 5.74) is 8.13. The monoisotopic (exact) mass is 429 g/mol. The largest absolute Gasteiger partial charge is 0.481 e. The summed E-state index contributed by atoms with van der Waals surface area (Å²) in [5, 5.41) is 24.2. The number of carbonyl (C=O) groups is 1. The second-order valence-corrected chi connectivity index (χ2v) is 9.40. The first kappa shape index (κ1) is 20.2. The Morgan fingerprint density at radius 3 is 2.90 bits per heavy atom. The number of allylic oxidation sites excluding steroid dienone is 6. The number of rotatable bonds is 5. The zero-order valence-electron chi connectivity index (χ0n) is 15.8. The summed E-state index contributed by atoms with van der Waals surface area (Å²) in [6.45, 7) is 0. The lowest BCUT2D eigenvalue weighted by Crippen LogP contribution is -2.08. The number of carboxylic acid groups (broad SMARTS) is 1. The molecule has 2 aromatic heterocycles. The normalized spacial score (nSPS) is 21.0. The van der Waals surface area contributed by atoms with Gasteiger partial charge < -0.3 is 20.8 Å².